The Labute approximate surface area is 165 Å². The van der Waals surface area contributed by atoms with Gasteiger partial charge in [-0.2, -0.15) is 0 Å². The van der Waals surface area contributed by atoms with E-state index in [4.69, 9.17) is 4.74 Å². The van der Waals surface area contributed by atoms with E-state index >= 15 is 0 Å². The van der Waals surface area contributed by atoms with Crippen molar-refractivity contribution in [3.8, 4) is 0 Å². The molecule has 0 aromatic rings. The van der Waals surface area contributed by atoms with E-state index in [0.717, 1.165) is 38.5 Å². The molecule has 2 N–H and O–H groups in total. The largest absolute Gasteiger partial charge is 0.359 e. The monoisotopic (exact) mass is 387 g/mol. The maximum absolute atomic E-state index is 13.5. The van der Waals surface area contributed by atoms with Crippen LogP contribution in [0.5, 0.6) is 0 Å². The fourth-order valence-corrected chi connectivity index (χ4v) is 6.00. The average Bonchev–Trinajstić information content (AvgIpc) is 3.35. The SMILES string of the molecule is CNC(=O)[C@@H]1[C@@H]2C(=O)N(C3CC3)[C@@H](C(=O)NC3CCCCC3)[C@@]23C=C[C@@]1(C)O3. The van der Waals surface area contributed by atoms with Crippen molar-refractivity contribution in [2.75, 3.05) is 7.05 Å². The number of carbonyl (C=O) groups excluding carboxylic acids is 3. The average molecular weight is 387 g/mol. The molecule has 28 heavy (non-hydrogen) atoms. The third-order valence-corrected chi connectivity index (χ3v) is 7.40. The van der Waals surface area contributed by atoms with Gasteiger partial charge in [-0.1, -0.05) is 31.4 Å². The van der Waals surface area contributed by atoms with Gasteiger partial charge < -0.3 is 20.3 Å². The zero-order valence-corrected chi connectivity index (χ0v) is 16.6. The number of hydrogen-bond acceptors (Lipinski definition) is 4. The predicted molar refractivity (Wildman–Crippen MR) is 101 cm³/mol. The first kappa shape index (κ1) is 18.2. The van der Waals surface area contributed by atoms with Gasteiger partial charge in [-0.3, -0.25) is 14.4 Å². The molecule has 2 saturated heterocycles. The van der Waals surface area contributed by atoms with Crippen molar-refractivity contribution in [1.29, 1.82) is 0 Å². The Morgan fingerprint density at radius 3 is 2.46 bits per heavy atom. The molecular formula is C21H29N3O4. The summed E-state index contributed by atoms with van der Waals surface area (Å²) in [5, 5.41) is 5.90. The maximum Gasteiger partial charge on any atom is 0.246 e. The van der Waals surface area contributed by atoms with Gasteiger partial charge in [-0.25, -0.2) is 0 Å². The molecule has 4 fully saturated rings. The van der Waals surface area contributed by atoms with Crippen LogP contribution in [0.15, 0.2) is 12.2 Å². The molecule has 5 rings (SSSR count). The molecule has 2 saturated carbocycles. The molecule has 5 aliphatic rings. The second kappa shape index (κ2) is 6.05. The molecule has 5 atom stereocenters. The Morgan fingerprint density at radius 1 is 1.11 bits per heavy atom. The number of rotatable bonds is 4. The lowest BCUT2D eigenvalue weighted by Crippen LogP contribution is -2.57. The zero-order valence-electron chi connectivity index (χ0n) is 16.6. The minimum Gasteiger partial charge on any atom is -0.359 e. The van der Waals surface area contributed by atoms with E-state index in [2.05, 4.69) is 10.6 Å². The summed E-state index contributed by atoms with van der Waals surface area (Å²) in [5.74, 6) is -1.67. The van der Waals surface area contributed by atoms with Crippen LogP contribution in [0.25, 0.3) is 0 Å². The molecule has 1 spiro atoms. The number of nitrogens with one attached hydrogen (secondary N) is 2. The highest BCUT2D eigenvalue weighted by Gasteiger charge is 2.77. The normalized spacial score (nSPS) is 42.0. The fraction of sp³-hybridized carbons (Fsp3) is 0.762. The van der Waals surface area contributed by atoms with Gasteiger partial charge in [-0.15, -0.1) is 0 Å². The van der Waals surface area contributed by atoms with Gasteiger partial charge in [0.1, 0.15) is 11.6 Å². The van der Waals surface area contributed by atoms with Gasteiger partial charge in [0.15, 0.2) is 0 Å². The van der Waals surface area contributed by atoms with Crippen molar-refractivity contribution in [2.24, 2.45) is 11.8 Å². The molecule has 2 bridgehead atoms. The van der Waals surface area contributed by atoms with E-state index in [-0.39, 0.29) is 29.8 Å². The lowest BCUT2D eigenvalue weighted by atomic mass is 9.70. The Balaban J connectivity index is 1.51. The topological polar surface area (TPSA) is 87.7 Å². The second-order valence-corrected chi connectivity index (χ2v) is 9.27. The van der Waals surface area contributed by atoms with Crippen LogP contribution < -0.4 is 10.6 Å². The first-order chi connectivity index (χ1) is 13.4. The summed E-state index contributed by atoms with van der Waals surface area (Å²) >= 11 is 0. The highest BCUT2D eigenvalue weighted by Crippen LogP contribution is 2.60. The van der Waals surface area contributed by atoms with E-state index < -0.39 is 29.1 Å². The molecule has 0 aromatic carbocycles. The molecule has 2 aliphatic carbocycles. The van der Waals surface area contributed by atoms with E-state index in [0.29, 0.717) is 0 Å². The molecule has 152 valence electrons. The number of ether oxygens (including phenoxy) is 1. The van der Waals surface area contributed by atoms with Crippen LogP contribution in [0.2, 0.25) is 0 Å². The van der Waals surface area contributed by atoms with Gasteiger partial charge in [0.25, 0.3) is 0 Å². The van der Waals surface area contributed by atoms with Crippen LogP contribution in [-0.2, 0) is 19.1 Å². The second-order valence-electron chi connectivity index (χ2n) is 9.27. The number of hydrogen-bond donors (Lipinski definition) is 2. The van der Waals surface area contributed by atoms with Gasteiger partial charge >= 0.3 is 0 Å². The molecule has 7 nitrogen and oxygen atoms in total. The quantitative estimate of drug-likeness (QED) is 0.701. The molecule has 3 heterocycles. The van der Waals surface area contributed by atoms with E-state index in [1.807, 2.05) is 19.1 Å². The third-order valence-electron chi connectivity index (χ3n) is 7.40. The van der Waals surface area contributed by atoms with E-state index in [9.17, 15) is 14.4 Å². The summed E-state index contributed by atoms with van der Waals surface area (Å²) in [4.78, 5) is 41.4. The summed E-state index contributed by atoms with van der Waals surface area (Å²) < 4.78 is 6.41. The first-order valence-electron chi connectivity index (χ1n) is 10.7. The van der Waals surface area contributed by atoms with Crippen molar-refractivity contribution < 1.29 is 19.1 Å². The maximum atomic E-state index is 13.5. The molecule has 0 unspecified atom stereocenters. The van der Waals surface area contributed by atoms with E-state index in [1.165, 1.54) is 6.42 Å². The lowest BCUT2D eigenvalue weighted by Gasteiger charge is -2.34. The van der Waals surface area contributed by atoms with Crippen LogP contribution in [0, 0.1) is 11.8 Å². The zero-order chi connectivity index (χ0) is 19.7. The molecule has 3 amide bonds. The Morgan fingerprint density at radius 2 is 1.82 bits per heavy atom. The van der Waals surface area contributed by atoms with Crippen LogP contribution in [0.3, 0.4) is 0 Å². The van der Waals surface area contributed by atoms with Crippen molar-refractivity contribution in [1.82, 2.24) is 15.5 Å². The molecule has 7 heteroatoms. The molecule has 3 aliphatic heterocycles. The molecular weight excluding hydrogens is 358 g/mol. The fourth-order valence-electron chi connectivity index (χ4n) is 6.00. The summed E-state index contributed by atoms with van der Waals surface area (Å²) in [6, 6.07) is -0.434. The van der Waals surface area contributed by atoms with Crippen LogP contribution in [0.4, 0.5) is 0 Å². The van der Waals surface area contributed by atoms with Gasteiger partial charge in [0, 0.05) is 19.1 Å². The van der Waals surface area contributed by atoms with Gasteiger partial charge in [0.05, 0.1) is 17.4 Å². The standard InChI is InChI=1S/C21H29N3O4/c1-20-10-11-21(28-20)15(14(20)17(25)22-2)19(27)24(13-8-9-13)16(21)18(26)23-12-6-4-3-5-7-12/h10-16H,3-9H2,1-2H3,(H,22,25)(H,23,26)/t14-,15+,16-,20+,21+/m0/s1. The van der Waals surface area contributed by atoms with Crippen molar-refractivity contribution in [2.45, 2.75) is 81.2 Å². The van der Waals surface area contributed by atoms with Gasteiger partial charge in [0.2, 0.25) is 17.7 Å². The number of carbonyl (C=O) groups is 3. The minimum absolute atomic E-state index is 0.0868. The number of nitrogens with zero attached hydrogens (tertiary/aromatic N) is 1. The summed E-state index contributed by atoms with van der Waals surface area (Å²) in [6.45, 7) is 1.85. The Kier molecular flexibility index (Phi) is 3.92. The summed E-state index contributed by atoms with van der Waals surface area (Å²) in [6.07, 6.45) is 11.0. The summed E-state index contributed by atoms with van der Waals surface area (Å²) in [7, 11) is 1.58. The lowest BCUT2D eigenvalue weighted by molar-refractivity contribution is -0.145. The first-order valence-corrected chi connectivity index (χ1v) is 10.7. The highest BCUT2D eigenvalue weighted by molar-refractivity contribution is 6.00. The van der Waals surface area contributed by atoms with E-state index in [1.54, 1.807) is 11.9 Å². The van der Waals surface area contributed by atoms with Crippen LogP contribution in [-0.4, -0.2) is 59.0 Å². The van der Waals surface area contributed by atoms with Crippen molar-refractivity contribution in [3.05, 3.63) is 12.2 Å². The third kappa shape index (κ3) is 2.34. The summed E-state index contributed by atoms with van der Waals surface area (Å²) in [5.41, 5.74) is -1.89. The Bertz CT molecular complexity index is 757. The number of amides is 3. The van der Waals surface area contributed by atoms with Crippen LogP contribution in [0.1, 0.15) is 51.9 Å². The smallest absolute Gasteiger partial charge is 0.246 e. The minimum atomic E-state index is -1.04. The molecule has 0 radical (unpaired) electrons. The highest BCUT2D eigenvalue weighted by atomic mass is 16.5. The molecule has 0 aromatic heterocycles. The van der Waals surface area contributed by atoms with Crippen LogP contribution >= 0.6 is 0 Å². The van der Waals surface area contributed by atoms with Crippen molar-refractivity contribution in [3.63, 3.8) is 0 Å². The number of fused-ring (bicyclic) bond motifs is 1. The Hall–Kier alpha value is -1.89. The van der Waals surface area contributed by atoms with Gasteiger partial charge in [-0.05, 0) is 32.6 Å². The number of likely N-dealkylation sites (tertiary alicyclic amines) is 1. The van der Waals surface area contributed by atoms with Crippen molar-refractivity contribution >= 4 is 17.7 Å². The predicted octanol–water partition coefficient (Wildman–Crippen LogP) is 0.884.